The summed E-state index contributed by atoms with van der Waals surface area (Å²) in [5.41, 5.74) is 6.87. The van der Waals surface area contributed by atoms with Crippen LogP contribution >= 0.6 is 0 Å². The largest absolute Gasteiger partial charge is 0.383 e. The summed E-state index contributed by atoms with van der Waals surface area (Å²) in [6, 6.07) is 12.8. The van der Waals surface area contributed by atoms with Gasteiger partial charge in [0.05, 0.1) is 43.3 Å². The number of rotatable bonds is 14. The quantitative estimate of drug-likeness (QED) is 0.322. The van der Waals surface area contributed by atoms with E-state index in [0.29, 0.717) is 19.7 Å². The van der Waals surface area contributed by atoms with Crippen molar-refractivity contribution in [3.05, 3.63) is 101 Å². The second kappa shape index (κ2) is 14.2. The lowest BCUT2D eigenvalue weighted by Gasteiger charge is -2.24. The number of pyridine rings is 3. The van der Waals surface area contributed by atoms with Crippen molar-refractivity contribution in [2.24, 2.45) is 0 Å². The highest BCUT2D eigenvalue weighted by Crippen LogP contribution is 2.12. The van der Waals surface area contributed by atoms with Gasteiger partial charge in [0.25, 0.3) is 0 Å². The van der Waals surface area contributed by atoms with Crippen LogP contribution in [0.5, 0.6) is 0 Å². The first kappa shape index (κ1) is 26.4. The molecule has 3 rings (SSSR count). The molecule has 0 saturated heterocycles. The lowest BCUT2D eigenvalue weighted by Crippen LogP contribution is -2.24. The predicted molar refractivity (Wildman–Crippen MR) is 142 cm³/mol. The van der Waals surface area contributed by atoms with Crippen molar-refractivity contribution in [3.8, 4) is 0 Å². The van der Waals surface area contributed by atoms with Crippen molar-refractivity contribution in [2.75, 3.05) is 20.3 Å². The Morgan fingerprint density at radius 3 is 1.37 bits per heavy atom. The molecule has 0 fully saturated rings. The van der Waals surface area contributed by atoms with Crippen molar-refractivity contribution in [1.29, 1.82) is 0 Å². The van der Waals surface area contributed by atoms with Crippen LogP contribution in [0.15, 0.2) is 67.4 Å². The van der Waals surface area contributed by atoms with Gasteiger partial charge in [0.2, 0.25) is 0 Å². The van der Waals surface area contributed by atoms with Gasteiger partial charge in [0, 0.05) is 44.6 Å². The Morgan fingerprint density at radius 1 is 0.629 bits per heavy atom. The Bertz CT molecular complexity index is 967. The van der Waals surface area contributed by atoms with Gasteiger partial charge in [-0.05, 0) is 54.2 Å². The first-order valence-electron chi connectivity index (χ1n) is 12.6. The zero-order chi connectivity index (χ0) is 24.9. The van der Waals surface area contributed by atoms with Gasteiger partial charge in [0.1, 0.15) is 0 Å². The fourth-order valence-corrected chi connectivity index (χ4v) is 3.66. The first-order chi connectivity index (χ1) is 17.1. The molecular weight excluding hydrogens is 434 g/mol. The lowest BCUT2D eigenvalue weighted by atomic mass is 10.2. The molecule has 186 valence electrons. The highest BCUT2D eigenvalue weighted by atomic mass is 16.5. The standard InChI is InChI=1S/C29H39N5O/c1-5-24-8-11-27(30-18-24)21-33(16-17-35-4)14-15-34(22-28-12-9-25(6-2)19-31-28)23-29-13-10-26(7-3)20-32-29/h8-15,18-20H,5-7,16-17,21-23H2,1-4H3/b15-14+. The van der Waals surface area contributed by atoms with E-state index in [0.717, 1.165) is 49.4 Å². The molecule has 3 aromatic heterocycles. The molecule has 6 heteroatoms. The summed E-state index contributed by atoms with van der Waals surface area (Å²) < 4.78 is 5.36. The predicted octanol–water partition coefficient (Wildman–Crippen LogP) is 5.18. The van der Waals surface area contributed by atoms with E-state index in [4.69, 9.17) is 4.74 Å². The van der Waals surface area contributed by atoms with Crippen LogP contribution in [0.2, 0.25) is 0 Å². The molecule has 3 heterocycles. The van der Waals surface area contributed by atoms with Crippen LogP contribution in [0.4, 0.5) is 0 Å². The summed E-state index contributed by atoms with van der Waals surface area (Å²) in [4.78, 5) is 18.5. The van der Waals surface area contributed by atoms with Gasteiger partial charge in [-0.1, -0.05) is 39.0 Å². The SMILES string of the molecule is CCc1ccc(CN(/C=C/N(Cc2ccc(CC)cn2)Cc2ccc(CC)cn2)CCOC)nc1. The van der Waals surface area contributed by atoms with E-state index >= 15 is 0 Å². The van der Waals surface area contributed by atoms with Crippen LogP contribution in [0, 0.1) is 0 Å². The number of aryl methyl sites for hydroxylation is 3. The second-order valence-corrected chi connectivity index (χ2v) is 8.70. The highest BCUT2D eigenvalue weighted by molar-refractivity contribution is 5.17. The number of methoxy groups -OCH3 is 1. The maximum atomic E-state index is 5.36. The maximum absolute atomic E-state index is 5.36. The van der Waals surface area contributed by atoms with Crippen LogP contribution in [-0.4, -0.2) is 45.0 Å². The fraction of sp³-hybridized carbons (Fsp3) is 0.414. The van der Waals surface area contributed by atoms with E-state index in [2.05, 4.69) is 94.3 Å². The summed E-state index contributed by atoms with van der Waals surface area (Å²) in [6.45, 7) is 10.0. The Kier molecular flexibility index (Phi) is 10.7. The van der Waals surface area contributed by atoms with E-state index in [1.165, 1.54) is 16.7 Å². The van der Waals surface area contributed by atoms with E-state index in [9.17, 15) is 0 Å². The molecule has 35 heavy (non-hydrogen) atoms. The second-order valence-electron chi connectivity index (χ2n) is 8.70. The van der Waals surface area contributed by atoms with E-state index in [1.807, 2.05) is 18.6 Å². The van der Waals surface area contributed by atoms with Crippen molar-refractivity contribution < 1.29 is 4.74 Å². The van der Waals surface area contributed by atoms with Gasteiger partial charge in [-0.3, -0.25) is 15.0 Å². The minimum atomic E-state index is 0.650. The Hall–Kier alpha value is -3.25. The average molecular weight is 474 g/mol. The summed E-state index contributed by atoms with van der Waals surface area (Å²) in [5.74, 6) is 0. The molecule has 0 bridgehead atoms. The first-order valence-corrected chi connectivity index (χ1v) is 12.6. The molecule has 0 radical (unpaired) electrons. The molecule has 0 aliphatic heterocycles. The smallest absolute Gasteiger partial charge is 0.0637 e. The molecular formula is C29H39N5O. The van der Waals surface area contributed by atoms with E-state index in [-0.39, 0.29) is 0 Å². The topological polar surface area (TPSA) is 54.4 Å². The average Bonchev–Trinajstić information content (AvgIpc) is 2.91. The van der Waals surface area contributed by atoms with Crippen LogP contribution in [0.1, 0.15) is 54.5 Å². The third-order valence-corrected chi connectivity index (χ3v) is 6.05. The minimum absolute atomic E-state index is 0.650. The maximum Gasteiger partial charge on any atom is 0.0637 e. The van der Waals surface area contributed by atoms with E-state index in [1.54, 1.807) is 7.11 Å². The molecule has 3 aromatic rings. The molecule has 6 nitrogen and oxygen atoms in total. The third kappa shape index (κ3) is 8.80. The minimum Gasteiger partial charge on any atom is -0.383 e. The number of nitrogens with zero attached hydrogens (tertiary/aromatic N) is 5. The summed E-state index contributed by atoms with van der Waals surface area (Å²) >= 11 is 0. The molecule has 0 N–H and O–H groups in total. The molecule has 0 saturated carbocycles. The molecule has 0 aliphatic carbocycles. The third-order valence-electron chi connectivity index (χ3n) is 6.05. The summed E-state index contributed by atoms with van der Waals surface area (Å²) in [7, 11) is 1.74. The Labute approximate surface area is 210 Å². The van der Waals surface area contributed by atoms with Crippen molar-refractivity contribution in [1.82, 2.24) is 24.8 Å². The number of aromatic nitrogens is 3. The van der Waals surface area contributed by atoms with Gasteiger partial charge >= 0.3 is 0 Å². The molecule has 0 amide bonds. The van der Waals surface area contributed by atoms with Gasteiger partial charge in [-0.15, -0.1) is 0 Å². The highest BCUT2D eigenvalue weighted by Gasteiger charge is 2.08. The van der Waals surface area contributed by atoms with Crippen molar-refractivity contribution >= 4 is 0 Å². The van der Waals surface area contributed by atoms with Gasteiger partial charge in [0.15, 0.2) is 0 Å². The zero-order valence-electron chi connectivity index (χ0n) is 21.7. The van der Waals surface area contributed by atoms with Crippen LogP contribution in [0.25, 0.3) is 0 Å². The van der Waals surface area contributed by atoms with Crippen LogP contribution in [0.3, 0.4) is 0 Å². The van der Waals surface area contributed by atoms with Crippen molar-refractivity contribution in [2.45, 2.75) is 59.7 Å². The lowest BCUT2D eigenvalue weighted by molar-refractivity contribution is 0.165. The normalized spacial score (nSPS) is 11.2. The van der Waals surface area contributed by atoms with Gasteiger partial charge in [-0.2, -0.15) is 0 Å². The van der Waals surface area contributed by atoms with Gasteiger partial charge in [-0.25, -0.2) is 0 Å². The number of hydrogen-bond donors (Lipinski definition) is 0. The molecule has 0 spiro atoms. The monoisotopic (exact) mass is 473 g/mol. The Morgan fingerprint density at radius 2 is 1.03 bits per heavy atom. The summed E-state index contributed by atoms with van der Waals surface area (Å²) in [6.07, 6.45) is 13.2. The fourth-order valence-electron chi connectivity index (χ4n) is 3.66. The van der Waals surface area contributed by atoms with Crippen molar-refractivity contribution in [3.63, 3.8) is 0 Å². The molecule has 0 aromatic carbocycles. The molecule has 0 unspecified atom stereocenters. The van der Waals surface area contributed by atoms with Crippen LogP contribution < -0.4 is 0 Å². The number of ether oxygens (including phenoxy) is 1. The molecule has 0 aliphatic rings. The van der Waals surface area contributed by atoms with Crippen LogP contribution in [-0.2, 0) is 43.6 Å². The Balaban J connectivity index is 1.77. The molecule has 0 atom stereocenters. The summed E-state index contributed by atoms with van der Waals surface area (Å²) in [5, 5.41) is 0. The number of hydrogen-bond acceptors (Lipinski definition) is 6. The van der Waals surface area contributed by atoms with Gasteiger partial charge < -0.3 is 14.5 Å². The zero-order valence-corrected chi connectivity index (χ0v) is 21.7. The van der Waals surface area contributed by atoms with E-state index < -0.39 is 0 Å².